The highest BCUT2D eigenvalue weighted by Crippen LogP contribution is 2.52. The van der Waals surface area contributed by atoms with Crippen LogP contribution < -0.4 is 5.32 Å². The summed E-state index contributed by atoms with van der Waals surface area (Å²) in [5, 5.41) is 13.3. The van der Waals surface area contributed by atoms with E-state index in [9.17, 15) is 32.7 Å². The summed E-state index contributed by atoms with van der Waals surface area (Å²) >= 11 is 0. The molecule has 0 aliphatic carbocycles. The third-order valence-corrected chi connectivity index (χ3v) is 7.19. The van der Waals surface area contributed by atoms with E-state index in [2.05, 4.69) is 5.32 Å². The first kappa shape index (κ1) is 23.9. The van der Waals surface area contributed by atoms with Crippen molar-refractivity contribution in [1.29, 1.82) is 0 Å². The third kappa shape index (κ3) is 3.68. The van der Waals surface area contributed by atoms with Gasteiger partial charge in [0.1, 0.15) is 5.54 Å². The molecule has 2 aliphatic rings. The average molecular weight is 474 g/mol. The maximum absolute atomic E-state index is 13.6. The van der Waals surface area contributed by atoms with Gasteiger partial charge in [0.15, 0.2) is 0 Å². The average Bonchev–Trinajstić information content (AvgIpc) is 3.29. The van der Waals surface area contributed by atoms with Crippen LogP contribution in [0, 0.1) is 17.8 Å². The fourth-order valence-electron chi connectivity index (χ4n) is 5.30. The largest absolute Gasteiger partial charge is 0.480 e. The van der Waals surface area contributed by atoms with Crippen LogP contribution in [-0.2, 0) is 27.1 Å². The monoisotopic (exact) mass is 474 g/mol. The number of halogens is 3. The van der Waals surface area contributed by atoms with Crippen LogP contribution in [0.5, 0.6) is 0 Å². The van der Waals surface area contributed by atoms with Gasteiger partial charge in [-0.2, -0.15) is 13.2 Å². The molecule has 34 heavy (non-hydrogen) atoms. The lowest BCUT2D eigenvalue weighted by Crippen LogP contribution is -2.59. The van der Waals surface area contributed by atoms with E-state index in [0.717, 1.165) is 17.0 Å². The summed E-state index contributed by atoms with van der Waals surface area (Å²) in [5.74, 6) is -5.44. The molecule has 0 spiro atoms. The number of carbonyl (C=O) groups is 3. The highest BCUT2D eigenvalue weighted by Gasteiger charge is 2.69. The molecule has 2 fully saturated rings. The number of fused-ring (bicyclic) bond motifs is 1. The SMILES string of the molecule is CCC(C)C1(C(=O)O)NC(c2cccc(C(F)(F)F)c2)C2C(=O)N(Cc3ccccc3)C(=O)C21. The zero-order valence-corrected chi connectivity index (χ0v) is 18.7. The second-order valence-corrected chi connectivity index (χ2v) is 8.98. The predicted molar refractivity (Wildman–Crippen MR) is 116 cm³/mol. The van der Waals surface area contributed by atoms with Crippen molar-refractivity contribution < 1.29 is 32.7 Å². The third-order valence-electron chi connectivity index (χ3n) is 7.19. The topological polar surface area (TPSA) is 86.7 Å². The number of rotatable bonds is 6. The van der Waals surface area contributed by atoms with Gasteiger partial charge in [-0.25, -0.2) is 0 Å². The Labute approximate surface area is 194 Å². The van der Waals surface area contributed by atoms with Gasteiger partial charge in [-0.3, -0.25) is 24.6 Å². The molecule has 2 amide bonds. The maximum Gasteiger partial charge on any atom is 0.416 e. The molecule has 2 aromatic carbocycles. The van der Waals surface area contributed by atoms with Crippen molar-refractivity contribution >= 4 is 17.8 Å². The minimum atomic E-state index is -4.61. The minimum Gasteiger partial charge on any atom is -0.480 e. The quantitative estimate of drug-likeness (QED) is 0.618. The highest BCUT2D eigenvalue weighted by molar-refractivity contribution is 6.09. The van der Waals surface area contributed by atoms with Crippen LogP contribution in [0.15, 0.2) is 54.6 Å². The Kier molecular flexibility index (Phi) is 6.01. The van der Waals surface area contributed by atoms with Crippen LogP contribution in [-0.4, -0.2) is 33.3 Å². The van der Waals surface area contributed by atoms with Gasteiger partial charge in [-0.1, -0.05) is 62.7 Å². The first-order valence-corrected chi connectivity index (χ1v) is 11.1. The molecule has 5 atom stereocenters. The Morgan fingerprint density at radius 3 is 2.38 bits per heavy atom. The van der Waals surface area contributed by atoms with E-state index in [1.807, 2.05) is 0 Å². The Morgan fingerprint density at radius 2 is 1.79 bits per heavy atom. The van der Waals surface area contributed by atoms with E-state index in [1.165, 1.54) is 12.1 Å². The molecule has 180 valence electrons. The Balaban J connectivity index is 1.83. The summed E-state index contributed by atoms with van der Waals surface area (Å²) in [6, 6.07) is 12.2. The second-order valence-electron chi connectivity index (χ2n) is 8.98. The molecule has 6 nitrogen and oxygen atoms in total. The molecule has 2 aliphatic heterocycles. The molecule has 2 saturated heterocycles. The lowest BCUT2D eigenvalue weighted by Gasteiger charge is -2.36. The molecule has 4 rings (SSSR count). The summed E-state index contributed by atoms with van der Waals surface area (Å²) < 4.78 is 40.2. The van der Waals surface area contributed by atoms with Crippen LogP contribution in [0.25, 0.3) is 0 Å². The molecule has 2 heterocycles. The second kappa shape index (κ2) is 8.54. The van der Waals surface area contributed by atoms with E-state index in [4.69, 9.17) is 0 Å². The van der Waals surface area contributed by atoms with Crippen molar-refractivity contribution in [3.05, 3.63) is 71.3 Å². The van der Waals surface area contributed by atoms with Gasteiger partial charge in [0.2, 0.25) is 11.8 Å². The first-order valence-electron chi connectivity index (χ1n) is 11.1. The maximum atomic E-state index is 13.6. The van der Waals surface area contributed by atoms with Crippen molar-refractivity contribution in [3.8, 4) is 0 Å². The van der Waals surface area contributed by atoms with Crippen molar-refractivity contribution in [2.24, 2.45) is 17.8 Å². The van der Waals surface area contributed by atoms with Gasteiger partial charge in [0.05, 0.1) is 23.9 Å². The molecule has 9 heteroatoms. The number of amides is 2. The van der Waals surface area contributed by atoms with Crippen LogP contribution >= 0.6 is 0 Å². The zero-order chi connectivity index (χ0) is 24.8. The zero-order valence-electron chi connectivity index (χ0n) is 18.7. The summed E-state index contributed by atoms with van der Waals surface area (Å²) in [5.41, 5.74) is -1.88. The number of hydrogen-bond donors (Lipinski definition) is 2. The number of nitrogens with zero attached hydrogens (tertiary/aromatic N) is 1. The van der Waals surface area contributed by atoms with Gasteiger partial charge in [-0.15, -0.1) is 0 Å². The van der Waals surface area contributed by atoms with Crippen LogP contribution in [0.1, 0.15) is 43.0 Å². The van der Waals surface area contributed by atoms with Gasteiger partial charge in [0, 0.05) is 6.04 Å². The number of imide groups is 1. The lowest BCUT2D eigenvalue weighted by atomic mass is 9.72. The lowest BCUT2D eigenvalue weighted by molar-refractivity contribution is -0.154. The number of benzene rings is 2. The summed E-state index contributed by atoms with van der Waals surface area (Å²) in [7, 11) is 0. The number of likely N-dealkylation sites (tertiary alicyclic amines) is 1. The smallest absolute Gasteiger partial charge is 0.416 e. The van der Waals surface area contributed by atoms with Gasteiger partial charge >= 0.3 is 12.1 Å². The van der Waals surface area contributed by atoms with Crippen molar-refractivity contribution in [2.45, 2.75) is 44.6 Å². The molecular weight excluding hydrogens is 449 g/mol. The molecule has 0 aromatic heterocycles. The number of carbonyl (C=O) groups excluding carboxylic acids is 2. The number of hydrogen-bond acceptors (Lipinski definition) is 4. The molecule has 0 saturated carbocycles. The van der Waals surface area contributed by atoms with Crippen molar-refractivity contribution in [3.63, 3.8) is 0 Å². The molecular formula is C25H25F3N2O4. The van der Waals surface area contributed by atoms with Gasteiger partial charge < -0.3 is 5.11 Å². The molecule has 0 bridgehead atoms. The first-order chi connectivity index (χ1) is 16.0. The van der Waals surface area contributed by atoms with E-state index in [0.29, 0.717) is 12.0 Å². The summed E-state index contributed by atoms with van der Waals surface area (Å²) in [6.07, 6.45) is -4.22. The van der Waals surface area contributed by atoms with E-state index in [1.54, 1.807) is 44.2 Å². The number of carboxylic acid groups (broad SMARTS) is 1. The Bertz CT molecular complexity index is 1120. The van der Waals surface area contributed by atoms with Crippen molar-refractivity contribution in [2.75, 3.05) is 0 Å². The number of alkyl halides is 3. The number of nitrogens with one attached hydrogen (secondary N) is 1. The van der Waals surface area contributed by atoms with Crippen molar-refractivity contribution in [1.82, 2.24) is 10.2 Å². The van der Waals surface area contributed by atoms with Gasteiger partial charge in [0.25, 0.3) is 0 Å². The predicted octanol–water partition coefficient (Wildman–Crippen LogP) is 4.02. The van der Waals surface area contributed by atoms with Gasteiger partial charge in [-0.05, 0) is 29.2 Å². The fraction of sp³-hybridized carbons (Fsp3) is 0.400. The highest BCUT2D eigenvalue weighted by atomic mass is 19.4. The van der Waals surface area contributed by atoms with Crippen LogP contribution in [0.4, 0.5) is 13.2 Å². The number of aliphatic carboxylic acids is 1. The fourth-order valence-corrected chi connectivity index (χ4v) is 5.30. The normalized spacial score (nSPS) is 27.7. The molecule has 0 radical (unpaired) electrons. The standard InChI is InChI=1S/C25H25F3N2O4/c1-3-14(2)24(23(33)34)19-18(20(29-24)16-10-7-11-17(12-16)25(26,27)28)21(31)30(22(19)32)13-15-8-5-4-6-9-15/h4-12,14,18-20,29H,3,13H2,1-2H3,(H,33,34). The van der Waals surface area contributed by atoms with Crippen LogP contribution in [0.3, 0.4) is 0 Å². The van der Waals surface area contributed by atoms with E-state index < -0.39 is 58.9 Å². The summed E-state index contributed by atoms with van der Waals surface area (Å²) in [4.78, 5) is 40.8. The summed E-state index contributed by atoms with van der Waals surface area (Å²) in [6.45, 7) is 3.41. The minimum absolute atomic E-state index is 0.0307. The van der Waals surface area contributed by atoms with E-state index >= 15 is 0 Å². The Hall–Kier alpha value is -3.20. The Morgan fingerprint density at radius 1 is 1.12 bits per heavy atom. The molecule has 2 aromatic rings. The van der Waals surface area contributed by atoms with E-state index in [-0.39, 0.29) is 12.1 Å². The number of carboxylic acids is 1. The molecule has 5 unspecified atom stereocenters. The molecule has 2 N–H and O–H groups in total. The van der Waals surface area contributed by atoms with Crippen LogP contribution in [0.2, 0.25) is 0 Å².